The number of nitrogens with two attached hydrogens (primary N) is 1. The molecule has 3 aromatic rings. The summed E-state index contributed by atoms with van der Waals surface area (Å²) in [5.41, 5.74) is 8.01. The first-order chi connectivity index (χ1) is 21.2. The number of aryl methyl sites for hydroxylation is 1. The molecule has 2 aliphatic heterocycles. The molecule has 1 unspecified atom stereocenters. The van der Waals surface area contributed by atoms with Crippen molar-refractivity contribution in [1.82, 2.24) is 30.0 Å². The second-order valence-corrected chi connectivity index (χ2v) is 10.8. The van der Waals surface area contributed by atoms with E-state index in [4.69, 9.17) is 15.2 Å². The second kappa shape index (κ2) is 13.5. The number of rotatable bonds is 10. The molecule has 44 heavy (non-hydrogen) atoms. The number of piperidine rings is 1. The van der Waals surface area contributed by atoms with E-state index in [9.17, 15) is 14.4 Å². The lowest BCUT2D eigenvalue weighted by atomic mass is 10.1. The smallest absolute Gasteiger partial charge is 0.254 e. The van der Waals surface area contributed by atoms with E-state index >= 15 is 0 Å². The molecule has 0 radical (unpaired) electrons. The van der Waals surface area contributed by atoms with Crippen LogP contribution >= 0.6 is 0 Å². The minimum absolute atomic E-state index is 0.0239. The third kappa shape index (κ3) is 6.97. The average Bonchev–Trinajstić information content (AvgIpc) is 3.50. The van der Waals surface area contributed by atoms with Crippen molar-refractivity contribution < 1.29 is 23.9 Å². The number of carbonyl (C=O) groups excluding carboxylic acids is 3. The zero-order chi connectivity index (χ0) is 31.2. The molecule has 4 heterocycles. The van der Waals surface area contributed by atoms with Crippen LogP contribution in [0.15, 0.2) is 43.4 Å². The number of amides is 3. The van der Waals surface area contributed by atoms with E-state index in [1.807, 2.05) is 17.8 Å². The highest BCUT2D eigenvalue weighted by atomic mass is 16.5. The molecule has 2 fully saturated rings. The summed E-state index contributed by atoms with van der Waals surface area (Å²) in [5.74, 6) is -0.259. The van der Waals surface area contributed by atoms with E-state index in [1.54, 1.807) is 23.2 Å². The van der Waals surface area contributed by atoms with Gasteiger partial charge in [0.2, 0.25) is 11.9 Å². The van der Waals surface area contributed by atoms with Gasteiger partial charge in [-0.15, -0.1) is 0 Å². The zero-order valence-electron chi connectivity index (χ0n) is 24.8. The normalized spacial score (nSPS) is 17.0. The van der Waals surface area contributed by atoms with Gasteiger partial charge in [0.05, 0.1) is 30.7 Å². The number of aromatic nitrogens is 4. The summed E-state index contributed by atoms with van der Waals surface area (Å²) in [7, 11) is 1.50. The number of carbonyl (C=O) groups is 3. The molecule has 14 heteroatoms. The van der Waals surface area contributed by atoms with Gasteiger partial charge in [0, 0.05) is 50.3 Å². The standard InChI is InChI=1S/C30H37N9O5/c1-4-25(40)38-9-5-6-22(17-38)39-16-21(14-33-39)35-30-32-15-23(27(31)41)28(37-30)36-26-18(2)12-19(13-24(26)43-3)29(42)34-20-7-10-44-11-8-20/h4,12-16,20,22H,1,5-11,17H2,2-3H3,(H2,31,41)(H,34,42)(H2,32,35,36,37). The Kier molecular flexibility index (Phi) is 9.38. The fraction of sp³-hybridized carbons (Fsp3) is 0.400. The van der Waals surface area contributed by atoms with Crippen LogP contribution in [0.1, 0.15) is 58.0 Å². The third-order valence-electron chi connectivity index (χ3n) is 7.75. The van der Waals surface area contributed by atoms with E-state index in [-0.39, 0.29) is 41.2 Å². The van der Waals surface area contributed by atoms with Crippen LogP contribution in [0.5, 0.6) is 5.75 Å². The molecule has 2 saturated heterocycles. The maximum absolute atomic E-state index is 13.0. The van der Waals surface area contributed by atoms with Crippen molar-refractivity contribution in [2.45, 2.75) is 44.7 Å². The third-order valence-corrected chi connectivity index (χ3v) is 7.75. The minimum Gasteiger partial charge on any atom is -0.495 e. The van der Waals surface area contributed by atoms with Gasteiger partial charge in [0.25, 0.3) is 11.8 Å². The number of hydrogen-bond acceptors (Lipinski definition) is 10. The molecular formula is C30H37N9O5. The Morgan fingerprint density at radius 2 is 1.95 bits per heavy atom. The molecule has 5 rings (SSSR count). The van der Waals surface area contributed by atoms with E-state index in [2.05, 4.69) is 37.6 Å². The number of hydrogen-bond donors (Lipinski definition) is 4. The van der Waals surface area contributed by atoms with Gasteiger partial charge in [0.1, 0.15) is 17.1 Å². The van der Waals surface area contributed by atoms with Crippen molar-refractivity contribution in [3.05, 3.63) is 60.1 Å². The lowest BCUT2D eigenvalue weighted by Gasteiger charge is -2.32. The molecule has 2 aliphatic rings. The Morgan fingerprint density at radius 1 is 1.16 bits per heavy atom. The summed E-state index contributed by atoms with van der Waals surface area (Å²) in [4.78, 5) is 47.9. The average molecular weight is 604 g/mol. The molecule has 0 bridgehead atoms. The first kappa shape index (κ1) is 30.5. The van der Waals surface area contributed by atoms with Crippen LogP contribution in [0.3, 0.4) is 0 Å². The molecule has 1 atom stereocenters. The van der Waals surface area contributed by atoms with Crippen molar-refractivity contribution in [2.24, 2.45) is 5.73 Å². The van der Waals surface area contributed by atoms with E-state index in [0.717, 1.165) is 25.7 Å². The molecule has 0 aliphatic carbocycles. The Hall–Kier alpha value is -4.98. The van der Waals surface area contributed by atoms with Crippen molar-refractivity contribution in [2.75, 3.05) is 44.0 Å². The van der Waals surface area contributed by atoms with Crippen LogP contribution in [-0.4, -0.2) is 81.8 Å². The van der Waals surface area contributed by atoms with Gasteiger partial charge in [-0.3, -0.25) is 19.1 Å². The molecule has 0 spiro atoms. The first-order valence-electron chi connectivity index (χ1n) is 14.5. The van der Waals surface area contributed by atoms with Crippen molar-refractivity contribution in [3.63, 3.8) is 0 Å². The van der Waals surface area contributed by atoms with Crippen LogP contribution in [-0.2, 0) is 9.53 Å². The largest absolute Gasteiger partial charge is 0.495 e. The van der Waals surface area contributed by atoms with Gasteiger partial charge in [-0.1, -0.05) is 6.58 Å². The van der Waals surface area contributed by atoms with Crippen LogP contribution in [0.25, 0.3) is 0 Å². The highest BCUT2D eigenvalue weighted by Gasteiger charge is 2.25. The summed E-state index contributed by atoms with van der Waals surface area (Å²) in [6, 6.07) is 3.46. The zero-order valence-corrected chi connectivity index (χ0v) is 24.8. The van der Waals surface area contributed by atoms with Gasteiger partial charge in [-0.05, 0) is 56.4 Å². The number of nitrogens with one attached hydrogen (secondary N) is 3. The summed E-state index contributed by atoms with van der Waals surface area (Å²) < 4.78 is 12.8. The van der Waals surface area contributed by atoms with Gasteiger partial charge in [-0.2, -0.15) is 10.1 Å². The van der Waals surface area contributed by atoms with Crippen LogP contribution in [0.4, 0.5) is 23.1 Å². The Labute approximate surface area is 255 Å². The van der Waals surface area contributed by atoms with Crippen molar-refractivity contribution in [1.29, 1.82) is 0 Å². The predicted octanol–water partition coefficient (Wildman–Crippen LogP) is 2.83. The molecule has 2 aromatic heterocycles. The van der Waals surface area contributed by atoms with Crippen molar-refractivity contribution >= 4 is 40.9 Å². The van der Waals surface area contributed by atoms with Crippen molar-refractivity contribution in [3.8, 4) is 5.75 Å². The Morgan fingerprint density at radius 3 is 2.68 bits per heavy atom. The van der Waals surface area contributed by atoms with Crippen LogP contribution < -0.4 is 26.4 Å². The molecule has 232 valence electrons. The quantitative estimate of drug-likeness (QED) is 0.252. The van der Waals surface area contributed by atoms with Gasteiger partial charge < -0.3 is 36.1 Å². The predicted molar refractivity (Wildman–Crippen MR) is 163 cm³/mol. The maximum atomic E-state index is 13.0. The molecule has 1 aromatic carbocycles. The van der Waals surface area contributed by atoms with E-state index in [0.29, 0.717) is 54.6 Å². The summed E-state index contributed by atoms with van der Waals surface area (Å²) in [6.45, 7) is 7.88. The fourth-order valence-electron chi connectivity index (χ4n) is 5.39. The first-order valence-corrected chi connectivity index (χ1v) is 14.5. The van der Waals surface area contributed by atoms with Gasteiger partial charge in [-0.25, -0.2) is 4.98 Å². The molecule has 0 saturated carbocycles. The number of methoxy groups -OCH3 is 1. The molecular weight excluding hydrogens is 566 g/mol. The second-order valence-electron chi connectivity index (χ2n) is 10.8. The fourth-order valence-corrected chi connectivity index (χ4v) is 5.39. The van der Waals surface area contributed by atoms with E-state index < -0.39 is 5.91 Å². The number of benzene rings is 1. The van der Waals surface area contributed by atoms with Crippen LogP contribution in [0.2, 0.25) is 0 Å². The highest BCUT2D eigenvalue weighted by Crippen LogP contribution is 2.34. The number of likely N-dealkylation sites (tertiary alicyclic amines) is 1. The molecule has 3 amide bonds. The monoisotopic (exact) mass is 603 g/mol. The Bertz CT molecular complexity index is 1550. The number of primary amides is 1. The van der Waals surface area contributed by atoms with Crippen LogP contribution in [0, 0.1) is 6.92 Å². The summed E-state index contributed by atoms with van der Waals surface area (Å²) >= 11 is 0. The lowest BCUT2D eigenvalue weighted by Crippen LogP contribution is -2.39. The summed E-state index contributed by atoms with van der Waals surface area (Å²) in [6.07, 6.45) is 9.40. The maximum Gasteiger partial charge on any atom is 0.254 e. The van der Waals surface area contributed by atoms with E-state index in [1.165, 1.54) is 19.4 Å². The SMILES string of the molecule is C=CC(=O)N1CCCC(n2cc(Nc3ncc(C(N)=O)c(Nc4c(C)cc(C(=O)NC5CCOCC5)cc4OC)n3)cn2)C1. The molecule has 5 N–H and O–H groups in total. The van der Waals surface area contributed by atoms with Gasteiger partial charge >= 0.3 is 0 Å². The minimum atomic E-state index is -0.716. The topological polar surface area (TPSA) is 179 Å². The summed E-state index contributed by atoms with van der Waals surface area (Å²) in [5, 5.41) is 13.8. The Balaban J connectivity index is 1.34. The number of anilines is 4. The van der Waals surface area contributed by atoms with Gasteiger partial charge in [0.15, 0.2) is 0 Å². The number of ether oxygens (including phenoxy) is 2. The number of nitrogens with zero attached hydrogens (tertiary/aromatic N) is 5. The highest BCUT2D eigenvalue weighted by molar-refractivity contribution is 5.99. The molecule has 14 nitrogen and oxygen atoms in total. The lowest BCUT2D eigenvalue weighted by molar-refractivity contribution is -0.127.